The summed E-state index contributed by atoms with van der Waals surface area (Å²) in [5.41, 5.74) is 6.71. The van der Waals surface area contributed by atoms with Gasteiger partial charge < -0.3 is 5.73 Å². The molecule has 6 heteroatoms. The van der Waals surface area contributed by atoms with Crippen LogP contribution in [0.25, 0.3) is 0 Å². The lowest BCUT2D eigenvalue weighted by atomic mass is 10.2. The first-order chi connectivity index (χ1) is 8.47. The van der Waals surface area contributed by atoms with Crippen LogP contribution in [0.4, 0.5) is 5.69 Å². The minimum absolute atomic E-state index is 0.267. The Morgan fingerprint density at radius 1 is 1.39 bits per heavy atom. The van der Waals surface area contributed by atoms with Gasteiger partial charge in [-0.1, -0.05) is 11.6 Å². The largest absolute Gasteiger partial charge is 0.398 e. The fraction of sp³-hybridized carbons (Fsp3) is 0.167. The predicted octanol–water partition coefficient (Wildman–Crippen LogP) is 1.13. The van der Waals surface area contributed by atoms with Crippen molar-refractivity contribution < 1.29 is 0 Å². The second kappa shape index (κ2) is 4.70. The van der Waals surface area contributed by atoms with Gasteiger partial charge in [-0.2, -0.15) is 0 Å². The topological polar surface area (TPSA) is 80.9 Å². The summed E-state index contributed by atoms with van der Waals surface area (Å²) in [6.07, 6.45) is 1.50. The average molecular weight is 266 g/mol. The molecule has 0 saturated heterocycles. The van der Waals surface area contributed by atoms with Crippen molar-refractivity contribution in [3.05, 3.63) is 61.4 Å². The molecule has 0 aliphatic heterocycles. The van der Waals surface area contributed by atoms with Crippen LogP contribution in [0.2, 0.25) is 5.02 Å². The standard InChI is InChI=1S/C12H12ClN3O2/c1-7-5-16(12(18)15-11(7)17)6-8-4-9(13)2-3-10(8)14/h2-5H,6,14H2,1H3,(H,15,17,18). The van der Waals surface area contributed by atoms with Crippen LogP contribution < -0.4 is 17.0 Å². The lowest BCUT2D eigenvalue weighted by molar-refractivity contribution is 0.715. The van der Waals surface area contributed by atoms with Crippen molar-refractivity contribution in [2.45, 2.75) is 13.5 Å². The van der Waals surface area contributed by atoms with Gasteiger partial charge in [0.05, 0.1) is 6.54 Å². The first kappa shape index (κ1) is 12.4. The second-order valence-electron chi connectivity index (χ2n) is 4.04. The van der Waals surface area contributed by atoms with Gasteiger partial charge in [0.2, 0.25) is 0 Å². The minimum atomic E-state index is -0.468. The van der Waals surface area contributed by atoms with E-state index in [0.29, 0.717) is 16.3 Å². The second-order valence-corrected chi connectivity index (χ2v) is 4.48. The Bertz CT molecular complexity index is 703. The molecule has 1 heterocycles. The summed E-state index contributed by atoms with van der Waals surface area (Å²) >= 11 is 5.88. The number of H-pyrrole nitrogens is 1. The van der Waals surface area contributed by atoms with Crippen LogP contribution in [0, 0.1) is 6.92 Å². The van der Waals surface area contributed by atoms with Crippen molar-refractivity contribution in [3.8, 4) is 0 Å². The van der Waals surface area contributed by atoms with Gasteiger partial charge in [0, 0.05) is 22.5 Å². The molecule has 0 atom stereocenters. The Labute approximate surface area is 108 Å². The molecule has 0 radical (unpaired) electrons. The predicted molar refractivity (Wildman–Crippen MR) is 71.0 cm³/mol. The number of anilines is 1. The molecule has 18 heavy (non-hydrogen) atoms. The molecule has 1 aromatic carbocycles. The molecule has 3 N–H and O–H groups in total. The van der Waals surface area contributed by atoms with Crippen molar-refractivity contribution in [2.75, 3.05) is 5.73 Å². The number of nitrogens with zero attached hydrogens (tertiary/aromatic N) is 1. The average Bonchev–Trinajstić information content (AvgIpc) is 2.30. The zero-order chi connectivity index (χ0) is 13.3. The summed E-state index contributed by atoms with van der Waals surface area (Å²) in [5, 5.41) is 0.549. The fourth-order valence-corrected chi connectivity index (χ4v) is 1.83. The maximum absolute atomic E-state index is 11.6. The highest BCUT2D eigenvalue weighted by molar-refractivity contribution is 6.30. The third-order valence-electron chi connectivity index (χ3n) is 2.63. The molecule has 0 saturated carbocycles. The maximum Gasteiger partial charge on any atom is 0.328 e. The zero-order valence-electron chi connectivity index (χ0n) is 9.74. The van der Waals surface area contributed by atoms with Crippen LogP contribution >= 0.6 is 11.6 Å². The van der Waals surface area contributed by atoms with Gasteiger partial charge in [0.25, 0.3) is 5.56 Å². The molecule has 0 amide bonds. The highest BCUT2D eigenvalue weighted by Crippen LogP contribution is 2.18. The molecule has 2 aromatic rings. The summed E-state index contributed by atoms with van der Waals surface area (Å²) in [6.45, 7) is 1.90. The highest BCUT2D eigenvalue weighted by Gasteiger charge is 2.05. The van der Waals surface area contributed by atoms with Crippen LogP contribution in [0.3, 0.4) is 0 Å². The van der Waals surface area contributed by atoms with Crippen LogP contribution in [0.1, 0.15) is 11.1 Å². The van der Waals surface area contributed by atoms with Crippen molar-refractivity contribution in [1.82, 2.24) is 9.55 Å². The van der Waals surface area contributed by atoms with Gasteiger partial charge in [-0.3, -0.25) is 14.3 Å². The van der Waals surface area contributed by atoms with E-state index in [2.05, 4.69) is 4.98 Å². The number of aromatic nitrogens is 2. The summed E-state index contributed by atoms with van der Waals surface area (Å²) in [4.78, 5) is 25.1. The van der Waals surface area contributed by atoms with Crippen molar-refractivity contribution >= 4 is 17.3 Å². The molecular formula is C12H12ClN3O2. The third kappa shape index (κ3) is 2.46. The molecule has 94 valence electrons. The van der Waals surface area contributed by atoms with E-state index in [1.165, 1.54) is 10.8 Å². The van der Waals surface area contributed by atoms with E-state index in [1.54, 1.807) is 25.1 Å². The van der Waals surface area contributed by atoms with Gasteiger partial charge in [-0.05, 0) is 30.7 Å². The smallest absolute Gasteiger partial charge is 0.328 e. The molecule has 0 spiro atoms. The zero-order valence-corrected chi connectivity index (χ0v) is 10.5. The van der Waals surface area contributed by atoms with E-state index in [9.17, 15) is 9.59 Å². The van der Waals surface area contributed by atoms with E-state index >= 15 is 0 Å². The van der Waals surface area contributed by atoms with E-state index < -0.39 is 5.69 Å². The normalized spacial score (nSPS) is 10.6. The summed E-state index contributed by atoms with van der Waals surface area (Å²) in [5.74, 6) is 0. The molecule has 0 unspecified atom stereocenters. The SMILES string of the molecule is Cc1cn(Cc2cc(Cl)ccc2N)c(=O)[nH]c1=O. The Hall–Kier alpha value is -2.01. The van der Waals surface area contributed by atoms with Crippen molar-refractivity contribution in [2.24, 2.45) is 0 Å². The summed E-state index contributed by atoms with van der Waals surface area (Å²) < 4.78 is 1.39. The number of halogens is 1. The molecule has 1 aromatic heterocycles. The van der Waals surface area contributed by atoms with E-state index in [-0.39, 0.29) is 12.1 Å². The number of hydrogen-bond acceptors (Lipinski definition) is 3. The Morgan fingerprint density at radius 3 is 2.83 bits per heavy atom. The number of nitrogens with one attached hydrogen (secondary N) is 1. The quantitative estimate of drug-likeness (QED) is 0.799. The van der Waals surface area contributed by atoms with E-state index in [0.717, 1.165) is 5.56 Å². The highest BCUT2D eigenvalue weighted by atomic mass is 35.5. The maximum atomic E-state index is 11.6. The van der Waals surface area contributed by atoms with Gasteiger partial charge in [-0.15, -0.1) is 0 Å². The molecular weight excluding hydrogens is 254 g/mol. The van der Waals surface area contributed by atoms with Crippen LogP contribution in [0.15, 0.2) is 34.0 Å². The third-order valence-corrected chi connectivity index (χ3v) is 2.87. The van der Waals surface area contributed by atoms with Crippen molar-refractivity contribution in [3.63, 3.8) is 0 Å². The summed E-state index contributed by atoms with van der Waals surface area (Å²) in [7, 11) is 0. The summed E-state index contributed by atoms with van der Waals surface area (Å²) in [6, 6.07) is 5.06. The molecule has 0 fully saturated rings. The molecule has 2 rings (SSSR count). The lowest BCUT2D eigenvalue weighted by Crippen LogP contribution is -2.31. The number of rotatable bonds is 2. The first-order valence-electron chi connectivity index (χ1n) is 5.31. The molecule has 0 aliphatic carbocycles. The van der Waals surface area contributed by atoms with Gasteiger partial charge in [0.1, 0.15) is 0 Å². The Balaban J connectivity index is 2.46. The number of nitrogen functional groups attached to an aromatic ring is 1. The molecule has 0 bridgehead atoms. The van der Waals surface area contributed by atoms with Gasteiger partial charge in [-0.25, -0.2) is 4.79 Å². The van der Waals surface area contributed by atoms with Crippen LogP contribution in [-0.4, -0.2) is 9.55 Å². The Morgan fingerprint density at radius 2 is 2.11 bits per heavy atom. The number of aryl methyl sites for hydroxylation is 1. The first-order valence-corrected chi connectivity index (χ1v) is 5.69. The van der Waals surface area contributed by atoms with Crippen LogP contribution in [0.5, 0.6) is 0 Å². The number of aromatic amines is 1. The molecule has 5 nitrogen and oxygen atoms in total. The van der Waals surface area contributed by atoms with E-state index in [1.807, 2.05) is 0 Å². The van der Waals surface area contributed by atoms with Gasteiger partial charge >= 0.3 is 5.69 Å². The fourth-order valence-electron chi connectivity index (χ4n) is 1.63. The van der Waals surface area contributed by atoms with Crippen molar-refractivity contribution in [1.29, 1.82) is 0 Å². The number of hydrogen-bond donors (Lipinski definition) is 2. The van der Waals surface area contributed by atoms with E-state index in [4.69, 9.17) is 17.3 Å². The number of benzene rings is 1. The molecule has 0 aliphatic rings. The Kier molecular flexibility index (Phi) is 3.25. The lowest BCUT2D eigenvalue weighted by Gasteiger charge is -2.09. The van der Waals surface area contributed by atoms with Gasteiger partial charge in [0.15, 0.2) is 0 Å². The number of nitrogens with two attached hydrogens (primary N) is 1. The van der Waals surface area contributed by atoms with Crippen LogP contribution in [-0.2, 0) is 6.54 Å². The monoisotopic (exact) mass is 265 g/mol. The minimum Gasteiger partial charge on any atom is -0.398 e.